The van der Waals surface area contributed by atoms with Crippen molar-refractivity contribution in [3.8, 4) is 0 Å². The summed E-state index contributed by atoms with van der Waals surface area (Å²) in [6, 6.07) is 8.77. The number of benzene rings is 1. The fourth-order valence-corrected chi connectivity index (χ4v) is 4.07. The van der Waals surface area contributed by atoms with E-state index in [0.717, 1.165) is 0 Å². The number of fused-ring (bicyclic) bond motifs is 1. The van der Waals surface area contributed by atoms with Crippen molar-refractivity contribution in [2.24, 2.45) is 5.92 Å². The van der Waals surface area contributed by atoms with Gasteiger partial charge in [-0.25, -0.2) is 0 Å². The summed E-state index contributed by atoms with van der Waals surface area (Å²) >= 11 is 1.34. The Morgan fingerprint density at radius 2 is 2.00 bits per heavy atom. The molecule has 2 heterocycles. The zero-order valence-corrected chi connectivity index (χ0v) is 11.6. The molecule has 1 aromatic rings. The molecule has 104 valence electrons. The van der Waals surface area contributed by atoms with Gasteiger partial charge >= 0.3 is 5.97 Å². The van der Waals surface area contributed by atoms with E-state index in [1.807, 2.05) is 6.07 Å². The summed E-state index contributed by atoms with van der Waals surface area (Å²) in [5.41, 5.74) is 0.535. The van der Waals surface area contributed by atoms with E-state index in [0.29, 0.717) is 12.1 Å². The maximum atomic E-state index is 12.3. The molecule has 0 aliphatic carbocycles. The molecule has 0 bridgehead atoms. The Morgan fingerprint density at radius 3 is 2.65 bits per heavy atom. The van der Waals surface area contributed by atoms with Crippen LogP contribution in [0.4, 0.5) is 0 Å². The van der Waals surface area contributed by atoms with Crippen LogP contribution in [-0.4, -0.2) is 46.8 Å². The number of ether oxygens (including phenoxy) is 1. The summed E-state index contributed by atoms with van der Waals surface area (Å²) in [5.74, 6) is -1.38. The summed E-state index contributed by atoms with van der Waals surface area (Å²) < 4.78 is 4.69. The van der Waals surface area contributed by atoms with Gasteiger partial charge in [0.1, 0.15) is 11.2 Å². The number of esters is 1. The van der Waals surface area contributed by atoms with Crippen LogP contribution in [0.1, 0.15) is 10.4 Å². The number of β-lactam (4-membered cyclic amide) rings is 1. The third-order valence-corrected chi connectivity index (χ3v) is 5.09. The fraction of sp³-hybridized carbons (Fsp3) is 0.357. The molecule has 0 saturated carbocycles. The summed E-state index contributed by atoms with van der Waals surface area (Å²) in [5, 5.41) is -0.623. The molecule has 3 rings (SSSR count). The average Bonchev–Trinajstić information content (AvgIpc) is 2.87. The fourth-order valence-electron chi connectivity index (χ4n) is 2.54. The zero-order valence-electron chi connectivity index (χ0n) is 10.8. The van der Waals surface area contributed by atoms with Crippen LogP contribution in [0.3, 0.4) is 0 Å². The van der Waals surface area contributed by atoms with Crippen molar-refractivity contribution in [3.63, 3.8) is 0 Å². The van der Waals surface area contributed by atoms with E-state index in [9.17, 15) is 14.4 Å². The van der Waals surface area contributed by atoms with Crippen LogP contribution in [0.15, 0.2) is 30.3 Å². The van der Waals surface area contributed by atoms with Gasteiger partial charge in [-0.2, -0.15) is 0 Å². The number of hydrogen-bond acceptors (Lipinski definition) is 5. The van der Waals surface area contributed by atoms with E-state index in [2.05, 4.69) is 0 Å². The van der Waals surface area contributed by atoms with Crippen LogP contribution in [0, 0.1) is 5.92 Å². The lowest BCUT2D eigenvalue weighted by atomic mass is 9.89. The minimum absolute atomic E-state index is 0.171. The highest BCUT2D eigenvalue weighted by Crippen LogP contribution is 2.45. The molecule has 20 heavy (non-hydrogen) atoms. The predicted octanol–water partition coefficient (Wildman–Crippen LogP) is 0.942. The number of carbonyl (C=O) groups excluding carboxylic acids is 3. The van der Waals surface area contributed by atoms with Crippen molar-refractivity contribution in [1.82, 2.24) is 4.90 Å². The molecule has 0 spiro atoms. The number of Topliss-reactive ketones (excluding diaryl/α,β-unsaturated/α-hetero) is 1. The summed E-state index contributed by atoms with van der Waals surface area (Å²) in [4.78, 5) is 37.5. The molecular weight excluding hydrogens is 278 g/mol. The first-order valence-electron chi connectivity index (χ1n) is 6.26. The third-order valence-electron chi connectivity index (χ3n) is 3.61. The standard InChI is InChI=1S/C14H13NO4S/c1-19-14(18)9-7-15-12(17)10(13(15)20-9)11(16)8-5-3-2-4-6-8/h2-6,9-10,13H,7H2,1H3/t9-,10-,13+/m0/s1. The zero-order chi connectivity index (χ0) is 14.3. The summed E-state index contributed by atoms with van der Waals surface area (Å²) in [7, 11) is 1.33. The summed E-state index contributed by atoms with van der Waals surface area (Å²) in [6.45, 7) is 0.333. The topological polar surface area (TPSA) is 63.7 Å². The van der Waals surface area contributed by atoms with Crippen molar-refractivity contribution >= 4 is 29.4 Å². The van der Waals surface area contributed by atoms with Gasteiger partial charge in [-0.3, -0.25) is 14.4 Å². The van der Waals surface area contributed by atoms with Gasteiger partial charge in [0.15, 0.2) is 5.78 Å². The number of rotatable bonds is 3. The van der Waals surface area contributed by atoms with Gasteiger partial charge in [-0.15, -0.1) is 11.8 Å². The van der Waals surface area contributed by atoms with Crippen LogP contribution in [0.25, 0.3) is 0 Å². The molecule has 3 atom stereocenters. The van der Waals surface area contributed by atoms with Crippen LogP contribution in [0.2, 0.25) is 0 Å². The second-order valence-corrected chi connectivity index (χ2v) is 6.06. The molecule has 5 nitrogen and oxygen atoms in total. The maximum absolute atomic E-state index is 12.3. The Morgan fingerprint density at radius 1 is 1.30 bits per heavy atom. The Balaban J connectivity index is 1.76. The second kappa shape index (κ2) is 4.94. The third kappa shape index (κ3) is 1.91. The molecule has 6 heteroatoms. The monoisotopic (exact) mass is 291 g/mol. The largest absolute Gasteiger partial charge is 0.468 e. The van der Waals surface area contributed by atoms with Gasteiger partial charge in [-0.1, -0.05) is 30.3 Å². The minimum atomic E-state index is -0.669. The van der Waals surface area contributed by atoms with Crippen molar-refractivity contribution < 1.29 is 19.1 Å². The highest BCUT2D eigenvalue weighted by Gasteiger charge is 2.58. The van der Waals surface area contributed by atoms with Crippen molar-refractivity contribution in [3.05, 3.63) is 35.9 Å². The number of hydrogen-bond donors (Lipinski definition) is 0. The molecular formula is C14H13NO4S. The lowest BCUT2D eigenvalue weighted by Gasteiger charge is -2.40. The van der Waals surface area contributed by atoms with E-state index in [1.54, 1.807) is 29.2 Å². The SMILES string of the molecule is COC(=O)[C@@H]1CN2C(=O)[C@H](C(=O)c3ccccc3)[C@H]2S1. The number of carbonyl (C=O) groups is 3. The van der Waals surface area contributed by atoms with E-state index < -0.39 is 5.92 Å². The normalized spacial score (nSPS) is 27.8. The second-order valence-electron chi connectivity index (χ2n) is 4.74. The van der Waals surface area contributed by atoms with Crippen LogP contribution in [-0.2, 0) is 14.3 Å². The Kier molecular flexibility index (Phi) is 3.25. The van der Waals surface area contributed by atoms with E-state index in [4.69, 9.17) is 4.74 Å². The molecule has 0 N–H and O–H groups in total. The lowest BCUT2D eigenvalue weighted by Crippen LogP contribution is -2.59. The van der Waals surface area contributed by atoms with Crippen LogP contribution in [0.5, 0.6) is 0 Å². The Hall–Kier alpha value is -1.82. The maximum Gasteiger partial charge on any atom is 0.320 e. The van der Waals surface area contributed by atoms with Crippen molar-refractivity contribution in [1.29, 1.82) is 0 Å². The van der Waals surface area contributed by atoms with E-state index >= 15 is 0 Å². The van der Waals surface area contributed by atoms with Gasteiger partial charge < -0.3 is 9.64 Å². The Labute approximate surface area is 120 Å². The van der Waals surface area contributed by atoms with Crippen molar-refractivity contribution in [2.45, 2.75) is 10.6 Å². The highest BCUT2D eigenvalue weighted by molar-refractivity contribution is 8.01. The molecule has 0 aromatic heterocycles. The first kappa shape index (κ1) is 13.2. The number of methoxy groups -OCH3 is 1. The average molecular weight is 291 g/mol. The molecule has 1 aromatic carbocycles. The van der Waals surface area contributed by atoms with Gasteiger partial charge in [0.2, 0.25) is 5.91 Å². The number of thioether (sulfide) groups is 1. The molecule has 0 unspecified atom stereocenters. The molecule has 2 fully saturated rings. The highest BCUT2D eigenvalue weighted by atomic mass is 32.2. The quantitative estimate of drug-likeness (QED) is 0.359. The van der Waals surface area contributed by atoms with Gasteiger partial charge in [0.25, 0.3) is 0 Å². The smallest absolute Gasteiger partial charge is 0.320 e. The lowest BCUT2D eigenvalue weighted by molar-refractivity contribution is -0.147. The van der Waals surface area contributed by atoms with E-state index in [1.165, 1.54) is 18.9 Å². The van der Waals surface area contributed by atoms with Crippen LogP contribution < -0.4 is 0 Å². The van der Waals surface area contributed by atoms with Gasteiger partial charge in [0, 0.05) is 12.1 Å². The van der Waals surface area contributed by atoms with E-state index in [-0.39, 0.29) is 28.3 Å². The first-order valence-corrected chi connectivity index (χ1v) is 7.21. The van der Waals surface area contributed by atoms with Gasteiger partial charge in [-0.05, 0) is 0 Å². The molecule has 1 amide bonds. The molecule has 2 aliphatic rings. The number of ketones is 1. The molecule has 2 saturated heterocycles. The predicted molar refractivity (Wildman–Crippen MR) is 73.2 cm³/mol. The Bertz CT molecular complexity index is 574. The summed E-state index contributed by atoms with van der Waals surface area (Å²) in [6.07, 6.45) is 0. The van der Waals surface area contributed by atoms with Gasteiger partial charge in [0.05, 0.1) is 12.5 Å². The minimum Gasteiger partial charge on any atom is -0.468 e. The first-order chi connectivity index (χ1) is 9.63. The molecule has 2 aliphatic heterocycles. The molecule has 0 radical (unpaired) electrons. The van der Waals surface area contributed by atoms with Crippen molar-refractivity contribution in [2.75, 3.05) is 13.7 Å². The number of nitrogens with zero attached hydrogens (tertiary/aromatic N) is 1. The van der Waals surface area contributed by atoms with Crippen LogP contribution >= 0.6 is 11.8 Å². The number of amides is 1.